The number of Topliss-reactive ketones (excluding diaryl/α,β-unsaturated/α-hetero) is 1. The Morgan fingerprint density at radius 1 is 1.20 bits per heavy atom. The number of benzene rings is 2. The Balaban J connectivity index is 1.98. The van der Waals surface area contributed by atoms with Gasteiger partial charge >= 0.3 is 0 Å². The van der Waals surface area contributed by atoms with Gasteiger partial charge in [0, 0.05) is 24.5 Å². The number of ether oxygens (including phenoxy) is 1. The van der Waals surface area contributed by atoms with E-state index in [1.54, 1.807) is 31.4 Å². The van der Waals surface area contributed by atoms with Crippen LogP contribution in [0.25, 0.3) is 10.8 Å². The van der Waals surface area contributed by atoms with Crippen LogP contribution in [0.15, 0.2) is 36.4 Å². The van der Waals surface area contributed by atoms with E-state index in [0.29, 0.717) is 22.8 Å². The quantitative estimate of drug-likeness (QED) is 0.782. The molecule has 1 fully saturated rings. The van der Waals surface area contributed by atoms with Gasteiger partial charge in [0.05, 0.1) is 5.60 Å². The summed E-state index contributed by atoms with van der Waals surface area (Å²) in [4.78, 5) is 12.5. The molecule has 0 aromatic heterocycles. The molecule has 2 nitrogen and oxygen atoms in total. The molecule has 1 aliphatic rings. The number of fused-ring (bicyclic) bond motifs is 1. The molecule has 2 aromatic carbocycles. The van der Waals surface area contributed by atoms with Crippen LogP contribution in [0, 0.1) is 5.82 Å². The Morgan fingerprint density at radius 2 is 1.90 bits per heavy atom. The van der Waals surface area contributed by atoms with Crippen LogP contribution in [-0.2, 0) is 4.74 Å². The van der Waals surface area contributed by atoms with Crippen molar-refractivity contribution in [2.75, 3.05) is 7.11 Å². The highest BCUT2D eigenvalue weighted by atomic mass is 19.1. The normalized spacial score (nSPS) is 16.9. The number of halogens is 1. The first-order chi connectivity index (χ1) is 9.65. The van der Waals surface area contributed by atoms with E-state index in [-0.39, 0.29) is 17.2 Å². The first-order valence-electron chi connectivity index (χ1n) is 6.91. The lowest BCUT2D eigenvalue weighted by atomic mass is 9.75. The second-order valence-electron chi connectivity index (χ2n) is 5.48. The van der Waals surface area contributed by atoms with E-state index in [0.717, 1.165) is 19.3 Å². The van der Waals surface area contributed by atoms with E-state index in [2.05, 4.69) is 0 Å². The lowest BCUT2D eigenvalue weighted by Crippen LogP contribution is -2.41. The molecule has 0 radical (unpaired) electrons. The monoisotopic (exact) mass is 272 g/mol. The van der Waals surface area contributed by atoms with Crippen LogP contribution < -0.4 is 0 Å². The fraction of sp³-hybridized carbons (Fsp3) is 0.353. The van der Waals surface area contributed by atoms with Gasteiger partial charge in [-0.1, -0.05) is 24.3 Å². The van der Waals surface area contributed by atoms with Crippen LogP contribution in [0.2, 0.25) is 0 Å². The molecule has 0 spiro atoms. The second-order valence-corrected chi connectivity index (χ2v) is 5.48. The molecule has 0 N–H and O–H groups in total. The smallest absolute Gasteiger partial charge is 0.166 e. The highest BCUT2D eigenvalue weighted by molar-refractivity contribution is 6.08. The minimum atomic E-state index is -0.299. The van der Waals surface area contributed by atoms with Crippen molar-refractivity contribution in [3.05, 3.63) is 47.8 Å². The summed E-state index contributed by atoms with van der Waals surface area (Å²) in [6.45, 7) is 0. The maximum absolute atomic E-state index is 13.8. The van der Waals surface area contributed by atoms with Crippen molar-refractivity contribution in [2.24, 2.45) is 0 Å². The van der Waals surface area contributed by atoms with Gasteiger partial charge < -0.3 is 4.74 Å². The number of carbonyl (C=O) groups excluding carboxylic acids is 1. The molecule has 3 heteroatoms. The lowest BCUT2D eigenvalue weighted by molar-refractivity contribution is -0.0704. The van der Waals surface area contributed by atoms with Crippen LogP contribution in [0.1, 0.15) is 36.0 Å². The zero-order valence-electron chi connectivity index (χ0n) is 11.5. The summed E-state index contributed by atoms with van der Waals surface area (Å²) in [5.74, 6) is -0.259. The van der Waals surface area contributed by atoms with Crippen LogP contribution in [0.3, 0.4) is 0 Å². The number of rotatable bonds is 4. The zero-order chi connectivity index (χ0) is 14.2. The van der Waals surface area contributed by atoms with Gasteiger partial charge in [0.15, 0.2) is 5.78 Å². The number of hydrogen-bond acceptors (Lipinski definition) is 2. The summed E-state index contributed by atoms with van der Waals surface area (Å²) in [7, 11) is 1.66. The first kappa shape index (κ1) is 13.3. The van der Waals surface area contributed by atoms with Crippen molar-refractivity contribution >= 4 is 16.6 Å². The van der Waals surface area contributed by atoms with Crippen LogP contribution in [0.4, 0.5) is 4.39 Å². The van der Waals surface area contributed by atoms with Crippen molar-refractivity contribution in [3.8, 4) is 0 Å². The van der Waals surface area contributed by atoms with Gasteiger partial charge in [0.25, 0.3) is 0 Å². The number of hydrogen-bond donors (Lipinski definition) is 0. The Kier molecular flexibility index (Phi) is 3.30. The summed E-state index contributed by atoms with van der Waals surface area (Å²) < 4.78 is 19.3. The molecule has 0 unspecified atom stereocenters. The van der Waals surface area contributed by atoms with E-state index < -0.39 is 0 Å². The standard InChI is InChI=1S/C17H17FO2/c1-20-17(9-4-10-17)11-16(19)14-7-8-15(18)13-6-3-2-5-12(13)14/h2-3,5-8H,4,9-11H2,1H3. The minimum absolute atomic E-state index is 0.0303. The van der Waals surface area contributed by atoms with Crippen LogP contribution in [0.5, 0.6) is 0 Å². The molecule has 0 bridgehead atoms. The topological polar surface area (TPSA) is 26.3 Å². The molecule has 0 heterocycles. The highest BCUT2D eigenvalue weighted by Gasteiger charge is 2.39. The van der Waals surface area contributed by atoms with Gasteiger partial charge in [0.1, 0.15) is 5.82 Å². The summed E-state index contributed by atoms with van der Waals surface area (Å²) in [5.41, 5.74) is 0.289. The Hall–Kier alpha value is -1.74. The molecule has 0 amide bonds. The molecule has 3 rings (SSSR count). The minimum Gasteiger partial charge on any atom is -0.378 e. The van der Waals surface area contributed by atoms with Crippen molar-refractivity contribution in [1.29, 1.82) is 0 Å². The number of methoxy groups -OCH3 is 1. The SMILES string of the molecule is COC1(CC(=O)c2ccc(F)c3ccccc23)CCC1. The van der Waals surface area contributed by atoms with Crippen molar-refractivity contribution in [1.82, 2.24) is 0 Å². The molecule has 0 atom stereocenters. The fourth-order valence-corrected chi connectivity index (χ4v) is 2.92. The van der Waals surface area contributed by atoms with E-state index in [1.165, 1.54) is 6.07 Å². The molecule has 1 aliphatic carbocycles. The molecular formula is C17H17FO2. The summed E-state index contributed by atoms with van der Waals surface area (Å²) >= 11 is 0. The number of carbonyl (C=O) groups is 1. The predicted octanol–water partition coefficient (Wildman–Crippen LogP) is 4.12. The van der Waals surface area contributed by atoms with E-state index >= 15 is 0 Å². The maximum Gasteiger partial charge on any atom is 0.166 e. The average molecular weight is 272 g/mol. The van der Waals surface area contributed by atoms with Gasteiger partial charge in [-0.05, 0) is 36.8 Å². The average Bonchev–Trinajstić information content (AvgIpc) is 2.43. The van der Waals surface area contributed by atoms with E-state index in [9.17, 15) is 9.18 Å². The van der Waals surface area contributed by atoms with Gasteiger partial charge in [0.2, 0.25) is 0 Å². The van der Waals surface area contributed by atoms with E-state index in [4.69, 9.17) is 4.74 Å². The van der Waals surface area contributed by atoms with Crippen LogP contribution in [-0.4, -0.2) is 18.5 Å². The largest absolute Gasteiger partial charge is 0.378 e. The van der Waals surface area contributed by atoms with Crippen LogP contribution >= 0.6 is 0 Å². The van der Waals surface area contributed by atoms with Crippen molar-refractivity contribution in [3.63, 3.8) is 0 Å². The predicted molar refractivity (Wildman–Crippen MR) is 76.4 cm³/mol. The first-order valence-corrected chi connectivity index (χ1v) is 6.91. The lowest BCUT2D eigenvalue weighted by Gasteiger charge is -2.40. The van der Waals surface area contributed by atoms with Crippen molar-refractivity contribution in [2.45, 2.75) is 31.3 Å². The molecule has 0 saturated heterocycles. The molecule has 2 aromatic rings. The molecule has 1 saturated carbocycles. The van der Waals surface area contributed by atoms with Gasteiger partial charge in [-0.25, -0.2) is 4.39 Å². The highest BCUT2D eigenvalue weighted by Crippen LogP contribution is 2.39. The van der Waals surface area contributed by atoms with E-state index in [1.807, 2.05) is 6.07 Å². The van der Waals surface area contributed by atoms with Crippen molar-refractivity contribution < 1.29 is 13.9 Å². The summed E-state index contributed by atoms with van der Waals surface area (Å²) in [5, 5.41) is 1.18. The maximum atomic E-state index is 13.8. The second kappa shape index (κ2) is 4.98. The third kappa shape index (κ3) is 2.12. The third-order valence-electron chi connectivity index (χ3n) is 4.35. The van der Waals surface area contributed by atoms with Gasteiger partial charge in [-0.3, -0.25) is 4.79 Å². The summed E-state index contributed by atoms with van der Waals surface area (Å²) in [6.07, 6.45) is 3.33. The molecule has 0 aliphatic heterocycles. The number of ketones is 1. The molecule has 104 valence electrons. The summed E-state index contributed by atoms with van der Waals surface area (Å²) in [6, 6.07) is 10.1. The Bertz CT molecular complexity index is 654. The molecule has 20 heavy (non-hydrogen) atoms. The third-order valence-corrected chi connectivity index (χ3v) is 4.35. The Morgan fingerprint density at radius 3 is 2.50 bits per heavy atom. The molecular weight excluding hydrogens is 255 g/mol. The fourth-order valence-electron chi connectivity index (χ4n) is 2.92. The Labute approximate surface area is 117 Å². The van der Waals surface area contributed by atoms with Gasteiger partial charge in [-0.2, -0.15) is 0 Å². The van der Waals surface area contributed by atoms with Gasteiger partial charge in [-0.15, -0.1) is 0 Å². The zero-order valence-corrected chi connectivity index (χ0v) is 11.5.